The molecule has 8 heteroatoms. The molecule has 1 aromatic heterocycles. The number of fused-ring (bicyclic) bond motifs is 1. The van der Waals surface area contributed by atoms with Crippen LogP contribution < -0.4 is 16.6 Å². The first-order chi connectivity index (χ1) is 11.5. The van der Waals surface area contributed by atoms with E-state index >= 15 is 0 Å². The van der Waals surface area contributed by atoms with Gasteiger partial charge in [-0.2, -0.15) is 0 Å². The Hall–Kier alpha value is -2.61. The van der Waals surface area contributed by atoms with Gasteiger partial charge in [-0.25, -0.2) is 4.98 Å². The standard InChI is InChI=1S/C16H16N4O3S/c1-9-7-18-16-20(15(9)23)10(8-24-16)6-13(21)19-12-5-3-2-4-11(12)14(17)22/h2-5,7,10H,6,8H2,1H3,(H2,17,22)(H,19,21)/t10-/m0/s1. The summed E-state index contributed by atoms with van der Waals surface area (Å²) in [6, 6.07) is 6.29. The van der Waals surface area contributed by atoms with Crippen LogP contribution in [0.2, 0.25) is 0 Å². The average molecular weight is 344 g/mol. The number of aromatic nitrogens is 2. The first-order valence-corrected chi connectivity index (χ1v) is 8.35. The fourth-order valence-electron chi connectivity index (χ4n) is 2.59. The molecule has 0 saturated heterocycles. The number of nitrogens with one attached hydrogen (secondary N) is 1. The third-order valence-corrected chi connectivity index (χ3v) is 4.90. The van der Waals surface area contributed by atoms with Crippen LogP contribution in [0.4, 0.5) is 5.69 Å². The smallest absolute Gasteiger partial charge is 0.257 e. The summed E-state index contributed by atoms with van der Waals surface area (Å²) in [4.78, 5) is 40.3. The molecule has 0 aliphatic carbocycles. The molecule has 1 aromatic carbocycles. The number of hydrogen-bond donors (Lipinski definition) is 2. The minimum atomic E-state index is -0.608. The summed E-state index contributed by atoms with van der Waals surface area (Å²) in [5.41, 5.74) is 6.35. The molecule has 3 N–H and O–H groups in total. The van der Waals surface area contributed by atoms with Gasteiger partial charge in [-0.1, -0.05) is 23.9 Å². The number of carbonyl (C=O) groups excluding carboxylic acids is 2. The van der Waals surface area contributed by atoms with Crippen LogP contribution in [0.15, 0.2) is 40.4 Å². The molecule has 0 fully saturated rings. The molecule has 1 aliphatic heterocycles. The quantitative estimate of drug-likeness (QED) is 0.814. The van der Waals surface area contributed by atoms with E-state index in [4.69, 9.17) is 5.73 Å². The van der Waals surface area contributed by atoms with Gasteiger partial charge in [0.25, 0.3) is 11.5 Å². The van der Waals surface area contributed by atoms with Crippen molar-refractivity contribution in [3.63, 3.8) is 0 Å². The molecule has 3 rings (SSSR count). The van der Waals surface area contributed by atoms with Crippen molar-refractivity contribution in [2.45, 2.75) is 24.5 Å². The first-order valence-electron chi connectivity index (χ1n) is 7.37. The molecule has 124 valence electrons. The Balaban J connectivity index is 1.78. The van der Waals surface area contributed by atoms with Crippen LogP contribution >= 0.6 is 11.8 Å². The highest BCUT2D eigenvalue weighted by Crippen LogP contribution is 2.32. The number of para-hydroxylation sites is 1. The second kappa shape index (κ2) is 6.48. The Morgan fingerprint density at radius 2 is 2.17 bits per heavy atom. The highest BCUT2D eigenvalue weighted by Gasteiger charge is 2.27. The van der Waals surface area contributed by atoms with E-state index in [1.54, 1.807) is 42.0 Å². The van der Waals surface area contributed by atoms with Gasteiger partial charge in [0.1, 0.15) is 0 Å². The topological polar surface area (TPSA) is 107 Å². The maximum atomic E-state index is 12.3. The maximum absolute atomic E-state index is 12.3. The van der Waals surface area contributed by atoms with E-state index in [1.165, 1.54) is 11.8 Å². The summed E-state index contributed by atoms with van der Waals surface area (Å²) < 4.78 is 1.57. The summed E-state index contributed by atoms with van der Waals surface area (Å²) in [6.45, 7) is 1.70. The van der Waals surface area contributed by atoms with Gasteiger partial charge >= 0.3 is 0 Å². The predicted octanol–water partition coefficient (Wildman–Crippen LogP) is 1.33. The number of benzene rings is 1. The van der Waals surface area contributed by atoms with Crippen molar-refractivity contribution in [1.82, 2.24) is 9.55 Å². The highest BCUT2D eigenvalue weighted by molar-refractivity contribution is 7.99. The largest absolute Gasteiger partial charge is 0.366 e. The number of amides is 2. The molecule has 0 radical (unpaired) electrons. The van der Waals surface area contributed by atoms with Crippen molar-refractivity contribution in [3.05, 3.63) is 51.9 Å². The number of rotatable bonds is 4. The molecule has 1 atom stereocenters. The molecular formula is C16H16N4O3S. The number of anilines is 1. The number of hydrogen-bond acceptors (Lipinski definition) is 5. The van der Waals surface area contributed by atoms with Crippen molar-refractivity contribution in [2.24, 2.45) is 5.73 Å². The van der Waals surface area contributed by atoms with E-state index < -0.39 is 5.91 Å². The van der Waals surface area contributed by atoms with Gasteiger partial charge in [0.05, 0.1) is 17.3 Å². The first kappa shape index (κ1) is 16.3. The third-order valence-electron chi connectivity index (χ3n) is 3.79. The zero-order chi connectivity index (χ0) is 17.3. The van der Waals surface area contributed by atoms with Crippen molar-refractivity contribution in [2.75, 3.05) is 11.1 Å². The summed E-state index contributed by atoms with van der Waals surface area (Å²) in [7, 11) is 0. The fraction of sp³-hybridized carbons (Fsp3) is 0.250. The van der Waals surface area contributed by atoms with E-state index in [9.17, 15) is 14.4 Å². The Labute approximate surface area is 142 Å². The van der Waals surface area contributed by atoms with Crippen LogP contribution in [0, 0.1) is 6.92 Å². The van der Waals surface area contributed by atoms with E-state index in [1.807, 2.05) is 0 Å². The van der Waals surface area contributed by atoms with Gasteiger partial charge in [-0.15, -0.1) is 0 Å². The van der Waals surface area contributed by atoms with Gasteiger partial charge in [0, 0.05) is 23.9 Å². The summed E-state index contributed by atoms with van der Waals surface area (Å²) in [5.74, 6) is -0.282. The Kier molecular flexibility index (Phi) is 4.39. The molecule has 2 amide bonds. The molecule has 2 heterocycles. The number of nitrogens with zero attached hydrogens (tertiary/aromatic N) is 2. The van der Waals surface area contributed by atoms with Crippen LogP contribution in [0.1, 0.15) is 28.4 Å². The third kappa shape index (κ3) is 3.05. The average Bonchev–Trinajstić information content (AvgIpc) is 2.94. The van der Waals surface area contributed by atoms with Crippen LogP contribution in [-0.4, -0.2) is 27.1 Å². The zero-order valence-electron chi connectivity index (χ0n) is 13.0. The number of aryl methyl sites for hydroxylation is 1. The number of nitrogens with two attached hydrogens (primary N) is 1. The monoisotopic (exact) mass is 344 g/mol. The van der Waals surface area contributed by atoms with Crippen LogP contribution in [0.3, 0.4) is 0 Å². The fourth-order valence-corrected chi connectivity index (χ4v) is 3.70. The molecule has 0 unspecified atom stereocenters. The molecule has 0 saturated carbocycles. The maximum Gasteiger partial charge on any atom is 0.257 e. The molecule has 1 aliphatic rings. The lowest BCUT2D eigenvalue weighted by Gasteiger charge is -2.14. The summed E-state index contributed by atoms with van der Waals surface area (Å²) >= 11 is 1.45. The van der Waals surface area contributed by atoms with E-state index in [0.29, 0.717) is 22.2 Å². The Morgan fingerprint density at radius 1 is 1.42 bits per heavy atom. The zero-order valence-corrected chi connectivity index (χ0v) is 13.8. The molecule has 0 bridgehead atoms. The van der Waals surface area contributed by atoms with Crippen molar-refractivity contribution in [1.29, 1.82) is 0 Å². The van der Waals surface area contributed by atoms with Crippen molar-refractivity contribution in [3.8, 4) is 0 Å². The van der Waals surface area contributed by atoms with Crippen LogP contribution in [0.25, 0.3) is 0 Å². The minimum absolute atomic E-state index is 0.123. The van der Waals surface area contributed by atoms with E-state index in [2.05, 4.69) is 10.3 Å². The minimum Gasteiger partial charge on any atom is -0.366 e. The van der Waals surface area contributed by atoms with Crippen LogP contribution in [0.5, 0.6) is 0 Å². The lowest BCUT2D eigenvalue weighted by molar-refractivity contribution is -0.116. The second-order valence-corrected chi connectivity index (χ2v) is 6.51. The normalized spacial score (nSPS) is 15.8. The number of thioether (sulfide) groups is 1. The number of carbonyl (C=O) groups is 2. The number of primary amides is 1. The van der Waals surface area contributed by atoms with Gasteiger partial charge in [0.15, 0.2) is 5.16 Å². The lowest BCUT2D eigenvalue weighted by atomic mass is 10.1. The SMILES string of the molecule is Cc1cnc2n(c1=O)[C@@H](CC(=O)Nc1ccccc1C(N)=O)CS2. The molecule has 0 spiro atoms. The molecule has 24 heavy (non-hydrogen) atoms. The highest BCUT2D eigenvalue weighted by atomic mass is 32.2. The second-order valence-electron chi connectivity index (χ2n) is 5.53. The van der Waals surface area contributed by atoms with Gasteiger partial charge in [-0.3, -0.25) is 19.0 Å². The van der Waals surface area contributed by atoms with Gasteiger partial charge < -0.3 is 11.1 Å². The van der Waals surface area contributed by atoms with Gasteiger partial charge in [0.2, 0.25) is 5.91 Å². The summed E-state index contributed by atoms with van der Waals surface area (Å²) in [5, 5.41) is 3.32. The molecule has 2 aromatic rings. The van der Waals surface area contributed by atoms with Crippen molar-refractivity contribution >= 4 is 29.3 Å². The van der Waals surface area contributed by atoms with Crippen LogP contribution in [-0.2, 0) is 4.79 Å². The Bertz CT molecular complexity index is 878. The van der Waals surface area contributed by atoms with Gasteiger partial charge in [-0.05, 0) is 19.1 Å². The predicted molar refractivity (Wildman–Crippen MR) is 91.2 cm³/mol. The molecular weight excluding hydrogens is 328 g/mol. The molecule has 7 nitrogen and oxygen atoms in total. The van der Waals surface area contributed by atoms with E-state index in [-0.39, 0.29) is 29.5 Å². The van der Waals surface area contributed by atoms with E-state index in [0.717, 1.165) is 0 Å². The Morgan fingerprint density at radius 3 is 2.92 bits per heavy atom. The van der Waals surface area contributed by atoms with Crippen molar-refractivity contribution < 1.29 is 9.59 Å². The summed E-state index contributed by atoms with van der Waals surface area (Å²) in [6.07, 6.45) is 1.67. The lowest BCUT2D eigenvalue weighted by Crippen LogP contribution is -2.29.